The summed E-state index contributed by atoms with van der Waals surface area (Å²) in [6, 6.07) is 2.36. The number of rotatable bonds is 4. The van der Waals surface area contributed by atoms with Gasteiger partial charge in [0, 0.05) is 37.5 Å². The van der Waals surface area contributed by atoms with E-state index < -0.39 is 0 Å². The Kier molecular flexibility index (Phi) is 3.17. The first-order valence-corrected chi connectivity index (χ1v) is 5.84. The molecule has 2 aromatic rings. The van der Waals surface area contributed by atoms with Gasteiger partial charge in [-0.15, -0.1) is 0 Å². The Morgan fingerprint density at radius 1 is 1.41 bits per heavy atom. The van der Waals surface area contributed by atoms with Crippen LogP contribution in [0.2, 0.25) is 0 Å². The Balaban J connectivity index is 2.07. The van der Waals surface area contributed by atoms with Crippen LogP contribution in [-0.4, -0.2) is 19.6 Å². The summed E-state index contributed by atoms with van der Waals surface area (Å²) in [4.78, 5) is 0. The number of hydrogen-bond donors (Lipinski definition) is 1. The lowest BCUT2D eigenvalue weighted by molar-refractivity contribution is 0.537. The molecule has 2 aromatic heterocycles. The summed E-state index contributed by atoms with van der Waals surface area (Å²) in [5, 5.41) is 12.0. The van der Waals surface area contributed by atoms with Crippen LogP contribution in [0.15, 0.2) is 18.5 Å². The molecule has 0 aromatic carbocycles. The fourth-order valence-electron chi connectivity index (χ4n) is 1.87. The largest absolute Gasteiger partial charge is 0.366 e. The second-order valence-electron chi connectivity index (χ2n) is 4.52. The summed E-state index contributed by atoms with van der Waals surface area (Å²) in [5.41, 5.74) is 2.28. The summed E-state index contributed by atoms with van der Waals surface area (Å²) in [6.45, 7) is 7.04. The Morgan fingerprint density at radius 2 is 2.18 bits per heavy atom. The fraction of sp³-hybridized carbons (Fsp3) is 0.500. The SMILES string of the molecule is Cc1nn(C)cc1CNc1ccnn1C(C)C. The van der Waals surface area contributed by atoms with E-state index in [-0.39, 0.29) is 0 Å². The predicted octanol–water partition coefficient (Wildman–Crippen LogP) is 2.12. The van der Waals surface area contributed by atoms with Crippen molar-refractivity contribution in [2.75, 3.05) is 5.32 Å². The molecule has 2 rings (SSSR count). The first kappa shape index (κ1) is 11.7. The van der Waals surface area contributed by atoms with Crippen molar-refractivity contribution in [2.24, 2.45) is 7.05 Å². The first-order chi connectivity index (χ1) is 8.08. The van der Waals surface area contributed by atoms with E-state index in [1.54, 1.807) is 0 Å². The summed E-state index contributed by atoms with van der Waals surface area (Å²) in [6.07, 6.45) is 3.86. The first-order valence-electron chi connectivity index (χ1n) is 5.84. The van der Waals surface area contributed by atoms with E-state index in [0.717, 1.165) is 18.1 Å². The molecule has 0 bridgehead atoms. The molecule has 0 amide bonds. The zero-order valence-corrected chi connectivity index (χ0v) is 10.8. The molecule has 0 saturated heterocycles. The topological polar surface area (TPSA) is 47.7 Å². The third-order valence-corrected chi connectivity index (χ3v) is 2.73. The van der Waals surface area contributed by atoms with Crippen molar-refractivity contribution in [1.29, 1.82) is 0 Å². The summed E-state index contributed by atoms with van der Waals surface area (Å²) in [5.74, 6) is 1.04. The van der Waals surface area contributed by atoms with Crippen LogP contribution in [0.1, 0.15) is 31.1 Å². The van der Waals surface area contributed by atoms with Crippen LogP contribution >= 0.6 is 0 Å². The summed E-state index contributed by atoms with van der Waals surface area (Å²) < 4.78 is 3.82. The van der Waals surface area contributed by atoms with Gasteiger partial charge in [-0.05, 0) is 20.8 Å². The molecule has 17 heavy (non-hydrogen) atoms. The van der Waals surface area contributed by atoms with E-state index in [1.807, 2.05) is 41.8 Å². The average Bonchev–Trinajstić information content (AvgIpc) is 2.82. The van der Waals surface area contributed by atoms with Crippen LogP contribution in [0, 0.1) is 6.92 Å². The molecule has 0 spiro atoms. The van der Waals surface area contributed by atoms with Crippen molar-refractivity contribution in [3.63, 3.8) is 0 Å². The van der Waals surface area contributed by atoms with Gasteiger partial charge in [0.15, 0.2) is 0 Å². The molecule has 5 heteroatoms. The van der Waals surface area contributed by atoms with Gasteiger partial charge in [-0.2, -0.15) is 10.2 Å². The molecular formula is C12H19N5. The third-order valence-electron chi connectivity index (χ3n) is 2.73. The van der Waals surface area contributed by atoms with E-state index in [0.29, 0.717) is 6.04 Å². The molecular weight excluding hydrogens is 214 g/mol. The van der Waals surface area contributed by atoms with Gasteiger partial charge in [-0.1, -0.05) is 0 Å². The molecule has 0 unspecified atom stereocenters. The van der Waals surface area contributed by atoms with Gasteiger partial charge in [-0.25, -0.2) is 4.68 Å². The minimum atomic E-state index is 0.363. The highest BCUT2D eigenvalue weighted by molar-refractivity contribution is 5.36. The van der Waals surface area contributed by atoms with Crippen molar-refractivity contribution < 1.29 is 0 Å². The summed E-state index contributed by atoms with van der Waals surface area (Å²) in [7, 11) is 1.94. The Hall–Kier alpha value is -1.78. The number of hydrogen-bond acceptors (Lipinski definition) is 3. The Morgan fingerprint density at radius 3 is 2.76 bits per heavy atom. The Labute approximate surface area is 101 Å². The zero-order valence-electron chi connectivity index (χ0n) is 10.8. The Bertz CT molecular complexity index is 495. The smallest absolute Gasteiger partial charge is 0.124 e. The maximum Gasteiger partial charge on any atom is 0.124 e. The van der Waals surface area contributed by atoms with Crippen LogP contribution in [0.5, 0.6) is 0 Å². The molecule has 0 aliphatic heterocycles. The lowest BCUT2D eigenvalue weighted by Gasteiger charge is -2.12. The number of anilines is 1. The number of nitrogens with zero attached hydrogens (tertiary/aromatic N) is 4. The quantitative estimate of drug-likeness (QED) is 0.880. The van der Waals surface area contributed by atoms with Crippen LogP contribution in [0.25, 0.3) is 0 Å². The average molecular weight is 233 g/mol. The molecule has 0 fully saturated rings. The van der Waals surface area contributed by atoms with Gasteiger partial charge in [0.1, 0.15) is 5.82 Å². The van der Waals surface area contributed by atoms with Gasteiger partial charge in [-0.3, -0.25) is 4.68 Å². The molecule has 0 atom stereocenters. The van der Waals surface area contributed by atoms with Crippen molar-refractivity contribution in [1.82, 2.24) is 19.6 Å². The maximum absolute atomic E-state index is 4.32. The third kappa shape index (κ3) is 2.49. The standard InChI is InChI=1S/C12H19N5/c1-9(2)17-12(5-6-14-17)13-7-11-8-16(4)15-10(11)3/h5-6,8-9,13H,7H2,1-4H3. The van der Waals surface area contributed by atoms with Gasteiger partial charge < -0.3 is 5.32 Å². The number of nitrogens with one attached hydrogen (secondary N) is 1. The van der Waals surface area contributed by atoms with Gasteiger partial charge >= 0.3 is 0 Å². The minimum Gasteiger partial charge on any atom is -0.366 e. The highest BCUT2D eigenvalue weighted by Crippen LogP contribution is 2.15. The van der Waals surface area contributed by atoms with Crippen molar-refractivity contribution in [2.45, 2.75) is 33.4 Å². The van der Waals surface area contributed by atoms with Crippen molar-refractivity contribution >= 4 is 5.82 Å². The van der Waals surface area contributed by atoms with E-state index in [1.165, 1.54) is 5.56 Å². The lowest BCUT2D eigenvalue weighted by atomic mass is 10.2. The van der Waals surface area contributed by atoms with Crippen molar-refractivity contribution in [3.8, 4) is 0 Å². The highest BCUT2D eigenvalue weighted by Gasteiger charge is 2.07. The van der Waals surface area contributed by atoms with Gasteiger partial charge in [0.2, 0.25) is 0 Å². The normalized spacial score (nSPS) is 11.1. The van der Waals surface area contributed by atoms with Crippen LogP contribution in [0.3, 0.4) is 0 Å². The monoisotopic (exact) mass is 233 g/mol. The second-order valence-corrected chi connectivity index (χ2v) is 4.52. The molecule has 2 heterocycles. The lowest BCUT2D eigenvalue weighted by Crippen LogP contribution is -2.09. The minimum absolute atomic E-state index is 0.363. The fourth-order valence-corrected chi connectivity index (χ4v) is 1.87. The molecule has 92 valence electrons. The highest BCUT2D eigenvalue weighted by atomic mass is 15.3. The number of aromatic nitrogens is 4. The maximum atomic E-state index is 4.32. The van der Waals surface area contributed by atoms with Crippen LogP contribution in [-0.2, 0) is 13.6 Å². The van der Waals surface area contributed by atoms with Crippen molar-refractivity contribution in [3.05, 3.63) is 29.7 Å². The second kappa shape index (κ2) is 4.61. The predicted molar refractivity (Wildman–Crippen MR) is 67.9 cm³/mol. The number of aryl methyl sites for hydroxylation is 2. The van der Waals surface area contributed by atoms with Gasteiger partial charge in [0.25, 0.3) is 0 Å². The van der Waals surface area contributed by atoms with E-state index in [4.69, 9.17) is 0 Å². The zero-order chi connectivity index (χ0) is 12.4. The molecule has 0 saturated carbocycles. The van der Waals surface area contributed by atoms with Gasteiger partial charge in [0.05, 0.1) is 11.9 Å². The van der Waals surface area contributed by atoms with E-state index in [2.05, 4.69) is 29.4 Å². The summed E-state index contributed by atoms with van der Waals surface area (Å²) >= 11 is 0. The molecule has 1 N–H and O–H groups in total. The molecule has 5 nitrogen and oxygen atoms in total. The van der Waals surface area contributed by atoms with Crippen LogP contribution < -0.4 is 5.32 Å². The molecule has 0 aliphatic rings. The van der Waals surface area contributed by atoms with E-state index >= 15 is 0 Å². The molecule has 0 aliphatic carbocycles. The van der Waals surface area contributed by atoms with Crippen LogP contribution in [0.4, 0.5) is 5.82 Å². The van der Waals surface area contributed by atoms with E-state index in [9.17, 15) is 0 Å². The molecule has 0 radical (unpaired) electrons.